The molecular formula is C17H21NO4. The molecule has 1 aromatic rings. The largest absolute Gasteiger partial charge is 0.466 e. The van der Waals surface area contributed by atoms with E-state index in [-0.39, 0.29) is 6.04 Å². The number of hydrogen-bond acceptors (Lipinski definition) is 4. The van der Waals surface area contributed by atoms with Crippen molar-refractivity contribution in [1.29, 1.82) is 0 Å². The number of ether oxygens (including phenoxy) is 2. The summed E-state index contributed by atoms with van der Waals surface area (Å²) in [5.74, 6) is -0.477. The third kappa shape index (κ3) is 3.67. The van der Waals surface area contributed by atoms with E-state index < -0.39 is 17.7 Å². The van der Waals surface area contributed by atoms with E-state index in [0.29, 0.717) is 12.1 Å². The molecule has 5 nitrogen and oxygen atoms in total. The van der Waals surface area contributed by atoms with Crippen molar-refractivity contribution in [3.8, 4) is 0 Å². The number of hydrogen-bond donors (Lipinski definition) is 0. The molecule has 1 amide bonds. The Bertz CT molecular complexity index is 586. The van der Waals surface area contributed by atoms with Crippen LogP contribution in [0.25, 0.3) is 0 Å². The third-order valence-electron chi connectivity index (χ3n) is 3.28. The van der Waals surface area contributed by atoms with Gasteiger partial charge in [-0.3, -0.25) is 4.90 Å². The highest BCUT2D eigenvalue weighted by atomic mass is 16.6. The topological polar surface area (TPSA) is 55.8 Å². The monoisotopic (exact) mass is 303 g/mol. The number of likely N-dealkylation sites (tertiary alicyclic amines) is 1. The standard InChI is InChI=1S/C17H21NO4/c1-17(2,3)22-16(20)18-13(11-15(19)21-4)10-14(18)12-8-6-5-7-9-12/h5-9,11,14H,10H2,1-4H3/b13-11-. The van der Waals surface area contributed by atoms with E-state index in [0.717, 1.165) is 5.56 Å². The molecule has 1 atom stereocenters. The molecule has 1 heterocycles. The second-order valence-corrected chi connectivity index (χ2v) is 6.14. The maximum atomic E-state index is 12.4. The van der Waals surface area contributed by atoms with Gasteiger partial charge in [-0.15, -0.1) is 0 Å². The average molecular weight is 303 g/mol. The SMILES string of the molecule is COC(=O)/C=C1/CC(c2ccccc2)N1C(=O)OC(C)(C)C. The molecule has 1 fully saturated rings. The highest BCUT2D eigenvalue weighted by Gasteiger charge is 2.41. The van der Waals surface area contributed by atoms with Gasteiger partial charge in [0.1, 0.15) is 5.60 Å². The molecule has 0 saturated carbocycles. The van der Waals surface area contributed by atoms with E-state index in [2.05, 4.69) is 4.74 Å². The van der Waals surface area contributed by atoms with Crippen LogP contribution in [0.5, 0.6) is 0 Å². The lowest BCUT2D eigenvalue weighted by molar-refractivity contribution is -0.135. The van der Waals surface area contributed by atoms with Gasteiger partial charge in [-0.25, -0.2) is 9.59 Å². The minimum Gasteiger partial charge on any atom is -0.466 e. The lowest BCUT2D eigenvalue weighted by Gasteiger charge is -2.43. The van der Waals surface area contributed by atoms with Crippen molar-refractivity contribution in [2.24, 2.45) is 0 Å². The van der Waals surface area contributed by atoms with Crippen molar-refractivity contribution in [2.45, 2.75) is 38.8 Å². The first-order valence-electron chi connectivity index (χ1n) is 7.17. The molecule has 1 unspecified atom stereocenters. The highest BCUT2D eigenvalue weighted by molar-refractivity contribution is 5.85. The Labute approximate surface area is 130 Å². The lowest BCUT2D eigenvalue weighted by atomic mass is 9.91. The fourth-order valence-corrected chi connectivity index (χ4v) is 2.30. The summed E-state index contributed by atoms with van der Waals surface area (Å²) in [5, 5.41) is 0. The zero-order valence-corrected chi connectivity index (χ0v) is 13.3. The Balaban J connectivity index is 2.24. The Kier molecular flexibility index (Phi) is 4.54. The Hall–Kier alpha value is -2.30. The number of rotatable bonds is 2. The van der Waals surface area contributed by atoms with Crippen LogP contribution in [0.15, 0.2) is 42.1 Å². The number of carbonyl (C=O) groups is 2. The second-order valence-electron chi connectivity index (χ2n) is 6.14. The van der Waals surface area contributed by atoms with Crippen molar-refractivity contribution in [3.63, 3.8) is 0 Å². The van der Waals surface area contributed by atoms with Crippen molar-refractivity contribution < 1.29 is 19.1 Å². The summed E-state index contributed by atoms with van der Waals surface area (Å²) in [6.45, 7) is 5.43. The number of nitrogens with zero attached hydrogens (tertiary/aromatic N) is 1. The minimum atomic E-state index is -0.593. The van der Waals surface area contributed by atoms with Gasteiger partial charge < -0.3 is 9.47 Å². The fourth-order valence-electron chi connectivity index (χ4n) is 2.30. The third-order valence-corrected chi connectivity index (χ3v) is 3.28. The van der Waals surface area contributed by atoms with Crippen LogP contribution >= 0.6 is 0 Å². The van der Waals surface area contributed by atoms with Gasteiger partial charge in [-0.05, 0) is 26.3 Å². The first kappa shape index (κ1) is 16.1. The molecule has 22 heavy (non-hydrogen) atoms. The van der Waals surface area contributed by atoms with E-state index in [1.807, 2.05) is 51.1 Å². The van der Waals surface area contributed by atoms with Gasteiger partial charge in [-0.1, -0.05) is 30.3 Å². The molecule has 0 aromatic heterocycles. The van der Waals surface area contributed by atoms with Crippen molar-refractivity contribution in [3.05, 3.63) is 47.7 Å². The maximum absolute atomic E-state index is 12.4. The van der Waals surface area contributed by atoms with Gasteiger partial charge in [0.15, 0.2) is 0 Å². The Morgan fingerprint density at radius 1 is 1.23 bits per heavy atom. The molecule has 2 rings (SSSR count). The van der Waals surface area contributed by atoms with Crippen molar-refractivity contribution in [1.82, 2.24) is 4.90 Å². The summed E-state index contributed by atoms with van der Waals surface area (Å²) in [6, 6.07) is 9.56. The Morgan fingerprint density at radius 3 is 2.41 bits per heavy atom. The maximum Gasteiger partial charge on any atom is 0.415 e. The van der Waals surface area contributed by atoms with Gasteiger partial charge in [0, 0.05) is 18.2 Å². The molecule has 5 heteroatoms. The summed E-state index contributed by atoms with van der Waals surface area (Å²) < 4.78 is 10.1. The first-order valence-corrected chi connectivity index (χ1v) is 7.17. The second kappa shape index (κ2) is 6.22. The number of amides is 1. The predicted molar refractivity (Wildman–Crippen MR) is 82.0 cm³/mol. The summed E-state index contributed by atoms with van der Waals surface area (Å²) >= 11 is 0. The molecule has 0 N–H and O–H groups in total. The molecule has 1 aliphatic heterocycles. The van der Waals surface area contributed by atoms with E-state index in [1.54, 1.807) is 0 Å². The van der Waals surface area contributed by atoms with Crippen LogP contribution in [0.3, 0.4) is 0 Å². The van der Waals surface area contributed by atoms with E-state index in [1.165, 1.54) is 18.1 Å². The van der Waals surface area contributed by atoms with Gasteiger partial charge in [0.25, 0.3) is 0 Å². The van der Waals surface area contributed by atoms with Crippen LogP contribution in [0.1, 0.15) is 38.8 Å². The minimum absolute atomic E-state index is 0.119. The van der Waals surface area contributed by atoms with E-state index >= 15 is 0 Å². The average Bonchev–Trinajstić information content (AvgIpc) is 2.41. The molecule has 118 valence electrons. The van der Waals surface area contributed by atoms with Crippen LogP contribution in [-0.2, 0) is 14.3 Å². The number of carbonyl (C=O) groups excluding carboxylic acids is 2. The summed E-state index contributed by atoms with van der Waals surface area (Å²) in [7, 11) is 1.31. The number of esters is 1. The van der Waals surface area contributed by atoms with Gasteiger partial charge >= 0.3 is 12.1 Å². The number of methoxy groups -OCH3 is 1. The molecular weight excluding hydrogens is 282 g/mol. The summed E-state index contributed by atoms with van der Waals surface area (Å²) in [5.41, 5.74) is 1.02. The van der Waals surface area contributed by atoms with Gasteiger partial charge in [0.05, 0.1) is 13.2 Å². The van der Waals surface area contributed by atoms with Crippen LogP contribution in [-0.4, -0.2) is 29.7 Å². The van der Waals surface area contributed by atoms with Crippen molar-refractivity contribution in [2.75, 3.05) is 7.11 Å². The molecule has 1 aliphatic rings. The Morgan fingerprint density at radius 2 is 1.86 bits per heavy atom. The normalized spacial score (nSPS) is 19.5. The summed E-state index contributed by atoms with van der Waals surface area (Å²) in [4.78, 5) is 25.4. The molecule has 0 radical (unpaired) electrons. The van der Waals surface area contributed by atoms with E-state index in [4.69, 9.17) is 4.74 Å². The molecule has 1 saturated heterocycles. The summed E-state index contributed by atoms with van der Waals surface area (Å²) in [6.07, 6.45) is 1.48. The van der Waals surface area contributed by atoms with Crippen LogP contribution in [0.2, 0.25) is 0 Å². The van der Waals surface area contributed by atoms with Crippen molar-refractivity contribution >= 4 is 12.1 Å². The van der Waals surface area contributed by atoms with Gasteiger partial charge in [-0.2, -0.15) is 0 Å². The molecule has 0 spiro atoms. The molecule has 1 aromatic carbocycles. The molecule has 0 aliphatic carbocycles. The van der Waals surface area contributed by atoms with Crippen LogP contribution in [0.4, 0.5) is 4.79 Å². The fraction of sp³-hybridized carbons (Fsp3) is 0.412. The van der Waals surface area contributed by atoms with E-state index in [9.17, 15) is 9.59 Å². The smallest absolute Gasteiger partial charge is 0.415 e. The quantitative estimate of drug-likeness (QED) is 0.620. The predicted octanol–water partition coefficient (Wildman–Crippen LogP) is 3.43. The highest BCUT2D eigenvalue weighted by Crippen LogP contribution is 2.42. The number of benzene rings is 1. The van der Waals surface area contributed by atoms with Gasteiger partial charge in [0.2, 0.25) is 0 Å². The van der Waals surface area contributed by atoms with Crippen LogP contribution < -0.4 is 0 Å². The zero-order valence-electron chi connectivity index (χ0n) is 13.3. The first-order chi connectivity index (χ1) is 10.3. The zero-order chi connectivity index (χ0) is 16.3. The van der Waals surface area contributed by atoms with Crippen LogP contribution in [0, 0.1) is 0 Å². The molecule has 0 bridgehead atoms. The lowest BCUT2D eigenvalue weighted by Crippen LogP contribution is -2.46.